The van der Waals surface area contributed by atoms with Gasteiger partial charge in [-0.1, -0.05) is 12.2 Å². The highest BCUT2D eigenvalue weighted by Gasteiger charge is 2.20. The van der Waals surface area contributed by atoms with Crippen LogP contribution in [0.3, 0.4) is 0 Å². The molecule has 0 spiro atoms. The first-order valence-corrected chi connectivity index (χ1v) is 6.52. The zero-order chi connectivity index (χ0) is 15.7. The van der Waals surface area contributed by atoms with Gasteiger partial charge in [0.1, 0.15) is 28.2 Å². The second-order valence-electron chi connectivity index (χ2n) is 5.07. The van der Waals surface area contributed by atoms with Gasteiger partial charge in [0, 0.05) is 24.1 Å². The highest BCUT2D eigenvalue weighted by molar-refractivity contribution is 5.88. The Bertz CT molecular complexity index is 757. The molecule has 2 N–H and O–H groups in total. The number of aliphatic hydroxyl groups is 1. The summed E-state index contributed by atoms with van der Waals surface area (Å²) < 4.78 is 10.8. The Balaban J connectivity index is 2.80. The molecule has 2 aromatic rings. The third kappa shape index (κ3) is 2.78. The van der Waals surface area contributed by atoms with E-state index < -0.39 is 6.10 Å². The molecule has 0 unspecified atom stereocenters. The van der Waals surface area contributed by atoms with Crippen LogP contribution in [0.5, 0.6) is 11.5 Å². The van der Waals surface area contributed by atoms with Crippen LogP contribution in [0, 0.1) is 6.92 Å². The first kappa shape index (κ1) is 15.1. The van der Waals surface area contributed by atoms with Crippen LogP contribution in [0.4, 0.5) is 0 Å². The third-order valence-corrected chi connectivity index (χ3v) is 3.35. The number of fused-ring (bicyclic) bond motifs is 1. The monoisotopic (exact) mass is 290 g/mol. The van der Waals surface area contributed by atoms with Crippen molar-refractivity contribution in [3.8, 4) is 11.5 Å². The second-order valence-corrected chi connectivity index (χ2v) is 5.07. The van der Waals surface area contributed by atoms with Crippen LogP contribution in [-0.2, 0) is 6.42 Å². The zero-order valence-corrected chi connectivity index (χ0v) is 12.3. The largest absolute Gasteiger partial charge is 0.507 e. The molecular formula is C16H18O5. The van der Waals surface area contributed by atoms with Gasteiger partial charge in [0.25, 0.3) is 0 Å². The Morgan fingerprint density at radius 2 is 2.14 bits per heavy atom. The van der Waals surface area contributed by atoms with Crippen LogP contribution in [0.2, 0.25) is 0 Å². The van der Waals surface area contributed by atoms with E-state index in [1.54, 1.807) is 13.8 Å². The number of benzene rings is 1. The molecule has 0 amide bonds. The van der Waals surface area contributed by atoms with E-state index in [1.807, 2.05) is 0 Å². The Labute approximate surface area is 122 Å². The normalized spacial score (nSPS) is 12.4. The van der Waals surface area contributed by atoms with E-state index in [0.29, 0.717) is 22.6 Å². The van der Waals surface area contributed by atoms with Crippen LogP contribution in [-0.4, -0.2) is 23.4 Å². The van der Waals surface area contributed by atoms with Gasteiger partial charge in [0.15, 0.2) is 5.43 Å². The first-order valence-electron chi connectivity index (χ1n) is 6.52. The molecule has 0 aliphatic rings. The standard InChI is InChI=1S/C16H18O5/c1-8(2)11(17)6-10-14(20-4)7-13(19)15-12(18)5-9(3)21-16(10)15/h5,7,11,17,19H,1,6H2,2-4H3/t11-/m1/s1. The van der Waals surface area contributed by atoms with Crippen molar-refractivity contribution >= 4 is 11.0 Å². The number of phenols is 1. The van der Waals surface area contributed by atoms with Gasteiger partial charge in [0.05, 0.1) is 13.2 Å². The molecule has 0 radical (unpaired) electrons. The minimum Gasteiger partial charge on any atom is -0.507 e. The summed E-state index contributed by atoms with van der Waals surface area (Å²) in [6.07, 6.45) is -0.612. The average molecular weight is 290 g/mol. The van der Waals surface area contributed by atoms with Crippen molar-refractivity contribution in [3.63, 3.8) is 0 Å². The summed E-state index contributed by atoms with van der Waals surface area (Å²) in [5, 5.41) is 20.1. The highest BCUT2D eigenvalue weighted by Crippen LogP contribution is 2.35. The summed E-state index contributed by atoms with van der Waals surface area (Å²) in [7, 11) is 1.45. The average Bonchev–Trinajstić information content (AvgIpc) is 2.40. The summed E-state index contributed by atoms with van der Waals surface area (Å²) >= 11 is 0. The molecule has 5 nitrogen and oxygen atoms in total. The molecule has 0 aliphatic carbocycles. The molecule has 0 bridgehead atoms. The molecule has 1 heterocycles. The molecule has 21 heavy (non-hydrogen) atoms. The van der Waals surface area contributed by atoms with Gasteiger partial charge >= 0.3 is 0 Å². The third-order valence-electron chi connectivity index (χ3n) is 3.35. The van der Waals surface area contributed by atoms with Crippen molar-refractivity contribution in [2.75, 3.05) is 7.11 Å². The molecule has 2 rings (SSSR count). The highest BCUT2D eigenvalue weighted by atomic mass is 16.5. The van der Waals surface area contributed by atoms with Gasteiger partial charge in [-0.15, -0.1) is 0 Å². The molecule has 1 aromatic heterocycles. The zero-order valence-electron chi connectivity index (χ0n) is 12.3. The summed E-state index contributed by atoms with van der Waals surface area (Å²) in [6.45, 7) is 7.07. The molecule has 0 fully saturated rings. The lowest BCUT2D eigenvalue weighted by Gasteiger charge is -2.16. The van der Waals surface area contributed by atoms with Gasteiger partial charge < -0.3 is 19.4 Å². The Morgan fingerprint density at radius 3 is 2.71 bits per heavy atom. The predicted molar refractivity (Wildman–Crippen MR) is 80.0 cm³/mol. The maximum Gasteiger partial charge on any atom is 0.196 e. The quantitative estimate of drug-likeness (QED) is 0.845. The molecule has 0 saturated carbocycles. The first-order chi connectivity index (χ1) is 9.85. The number of aromatic hydroxyl groups is 1. The number of hydrogen-bond acceptors (Lipinski definition) is 5. The van der Waals surface area contributed by atoms with Gasteiger partial charge in [-0.3, -0.25) is 4.79 Å². The summed E-state index contributed by atoms with van der Waals surface area (Å²) in [5.74, 6) is 0.574. The molecular weight excluding hydrogens is 272 g/mol. The van der Waals surface area contributed by atoms with E-state index in [1.165, 1.54) is 19.2 Å². The van der Waals surface area contributed by atoms with Gasteiger partial charge in [-0.05, 0) is 13.8 Å². The molecule has 1 aromatic carbocycles. The van der Waals surface area contributed by atoms with Crippen LogP contribution in [0.15, 0.2) is 33.5 Å². The fourth-order valence-electron chi connectivity index (χ4n) is 2.20. The number of ether oxygens (including phenoxy) is 1. The Kier molecular flexibility index (Phi) is 4.04. The summed E-state index contributed by atoms with van der Waals surface area (Å²) in [6, 6.07) is 2.67. The lowest BCUT2D eigenvalue weighted by Crippen LogP contribution is -2.13. The van der Waals surface area contributed by atoms with Crippen LogP contribution in [0.25, 0.3) is 11.0 Å². The second kappa shape index (κ2) is 5.61. The topological polar surface area (TPSA) is 79.9 Å². The van der Waals surface area contributed by atoms with Gasteiger partial charge in [-0.2, -0.15) is 0 Å². The maximum atomic E-state index is 12.1. The molecule has 5 heteroatoms. The minimum atomic E-state index is -0.794. The van der Waals surface area contributed by atoms with Crippen LogP contribution >= 0.6 is 0 Å². The van der Waals surface area contributed by atoms with E-state index in [-0.39, 0.29) is 28.6 Å². The number of hydrogen-bond donors (Lipinski definition) is 2. The van der Waals surface area contributed by atoms with E-state index in [2.05, 4.69) is 6.58 Å². The fourth-order valence-corrected chi connectivity index (χ4v) is 2.20. The SMILES string of the molecule is C=C(C)[C@H](O)Cc1c(OC)cc(O)c2c(=O)cc(C)oc12. The minimum absolute atomic E-state index is 0.0883. The van der Waals surface area contributed by atoms with Crippen molar-refractivity contribution in [2.24, 2.45) is 0 Å². The molecule has 0 aliphatic heterocycles. The maximum absolute atomic E-state index is 12.1. The Morgan fingerprint density at radius 1 is 1.48 bits per heavy atom. The van der Waals surface area contributed by atoms with Crippen LogP contribution in [0.1, 0.15) is 18.2 Å². The number of rotatable bonds is 4. The molecule has 0 saturated heterocycles. The lowest BCUT2D eigenvalue weighted by molar-refractivity contribution is 0.210. The van der Waals surface area contributed by atoms with Crippen molar-refractivity contribution < 1.29 is 19.4 Å². The Hall–Kier alpha value is -2.27. The van der Waals surface area contributed by atoms with Gasteiger partial charge in [-0.25, -0.2) is 0 Å². The van der Waals surface area contributed by atoms with Crippen molar-refractivity contribution in [1.82, 2.24) is 0 Å². The van der Waals surface area contributed by atoms with Crippen molar-refractivity contribution in [2.45, 2.75) is 26.4 Å². The number of aliphatic hydroxyl groups excluding tert-OH is 1. The van der Waals surface area contributed by atoms with E-state index in [9.17, 15) is 15.0 Å². The fraction of sp³-hybridized carbons (Fsp3) is 0.312. The predicted octanol–water partition coefficient (Wildman–Crippen LogP) is 2.30. The lowest BCUT2D eigenvalue weighted by atomic mass is 9.99. The van der Waals surface area contributed by atoms with E-state index in [0.717, 1.165) is 0 Å². The molecule has 1 atom stereocenters. The van der Waals surface area contributed by atoms with Crippen molar-refractivity contribution in [3.05, 3.63) is 45.8 Å². The molecule has 112 valence electrons. The smallest absolute Gasteiger partial charge is 0.196 e. The van der Waals surface area contributed by atoms with Gasteiger partial charge in [0.2, 0.25) is 0 Å². The number of phenolic OH excluding ortho intramolecular Hbond substituents is 1. The summed E-state index contributed by atoms with van der Waals surface area (Å²) in [4.78, 5) is 12.1. The number of aryl methyl sites for hydroxylation is 1. The number of methoxy groups -OCH3 is 1. The van der Waals surface area contributed by atoms with E-state index in [4.69, 9.17) is 9.15 Å². The van der Waals surface area contributed by atoms with E-state index >= 15 is 0 Å². The summed E-state index contributed by atoms with van der Waals surface area (Å²) in [5.41, 5.74) is 1.02. The van der Waals surface area contributed by atoms with Crippen LogP contribution < -0.4 is 10.2 Å². The van der Waals surface area contributed by atoms with Crippen molar-refractivity contribution in [1.29, 1.82) is 0 Å².